The summed E-state index contributed by atoms with van der Waals surface area (Å²) in [6.45, 7) is 0. The zero-order chi connectivity index (χ0) is 12.3. The van der Waals surface area contributed by atoms with E-state index in [0.717, 1.165) is 23.8 Å². The monoisotopic (exact) mass is 258 g/mol. The number of rotatable bonds is 7. The largest absolute Gasteiger partial charge is 0.396 e. The summed E-state index contributed by atoms with van der Waals surface area (Å²) in [6, 6.07) is 1.08. The van der Waals surface area contributed by atoms with E-state index in [4.69, 9.17) is 13.6 Å². The zero-order valence-electron chi connectivity index (χ0n) is 11.4. The summed E-state index contributed by atoms with van der Waals surface area (Å²) < 4.78 is 16.6. The third-order valence-electron chi connectivity index (χ3n) is 4.69. The Kier molecular flexibility index (Phi) is 4.63. The maximum Gasteiger partial charge on any atom is 0.364 e. The Morgan fingerprint density at radius 2 is 1.76 bits per heavy atom. The molecular weight excluding hydrogens is 232 g/mol. The first-order valence-corrected chi connectivity index (χ1v) is 9.05. The molecule has 2 rings (SSSR count). The highest BCUT2D eigenvalue weighted by Crippen LogP contribution is 2.52. The molecule has 100 valence electrons. The minimum atomic E-state index is -2.06. The van der Waals surface area contributed by atoms with Gasteiger partial charge < -0.3 is 13.6 Å². The first-order chi connectivity index (χ1) is 8.23. The fourth-order valence-corrected chi connectivity index (χ4v) is 5.57. The average molecular weight is 258 g/mol. The Labute approximate surface area is 106 Å². The van der Waals surface area contributed by atoms with Gasteiger partial charge in [0.25, 0.3) is 0 Å². The van der Waals surface area contributed by atoms with Crippen LogP contribution in [0, 0.1) is 17.8 Å². The fourth-order valence-electron chi connectivity index (χ4n) is 3.33. The molecule has 0 heterocycles. The van der Waals surface area contributed by atoms with Gasteiger partial charge in [0.15, 0.2) is 0 Å². The predicted octanol–water partition coefficient (Wildman–Crippen LogP) is 2.73. The molecule has 0 bridgehead atoms. The van der Waals surface area contributed by atoms with Crippen molar-refractivity contribution in [2.45, 2.75) is 38.1 Å². The topological polar surface area (TPSA) is 27.7 Å². The van der Waals surface area contributed by atoms with Crippen LogP contribution in [0.4, 0.5) is 0 Å². The molecule has 0 aromatic heterocycles. The lowest BCUT2D eigenvalue weighted by Crippen LogP contribution is -2.45. The molecule has 0 saturated heterocycles. The van der Waals surface area contributed by atoms with Gasteiger partial charge in [0, 0.05) is 21.3 Å². The lowest BCUT2D eigenvalue weighted by atomic mass is 9.87. The predicted molar refractivity (Wildman–Crippen MR) is 70.0 cm³/mol. The molecule has 2 fully saturated rings. The Bertz CT molecular complexity index is 243. The van der Waals surface area contributed by atoms with Crippen LogP contribution in [0.3, 0.4) is 0 Å². The first-order valence-electron chi connectivity index (χ1n) is 6.82. The quantitative estimate of drug-likeness (QED) is 0.657. The van der Waals surface area contributed by atoms with E-state index >= 15 is 0 Å². The van der Waals surface area contributed by atoms with Crippen LogP contribution < -0.4 is 0 Å². The summed E-state index contributed by atoms with van der Waals surface area (Å²) in [5, 5.41) is 0. The van der Waals surface area contributed by atoms with Gasteiger partial charge in [-0.3, -0.25) is 0 Å². The third-order valence-corrected chi connectivity index (χ3v) is 7.96. The van der Waals surface area contributed by atoms with Crippen LogP contribution in [0.25, 0.3) is 0 Å². The van der Waals surface area contributed by atoms with Crippen LogP contribution in [0.1, 0.15) is 32.1 Å². The van der Waals surface area contributed by atoms with Gasteiger partial charge in [0.2, 0.25) is 0 Å². The smallest absolute Gasteiger partial charge is 0.364 e. The Balaban J connectivity index is 1.77. The van der Waals surface area contributed by atoms with E-state index in [1.54, 1.807) is 21.3 Å². The summed E-state index contributed by atoms with van der Waals surface area (Å²) in [7, 11) is 3.21. The van der Waals surface area contributed by atoms with Gasteiger partial charge in [-0.05, 0) is 49.5 Å². The second-order valence-electron chi connectivity index (χ2n) is 5.73. The van der Waals surface area contributed by atoms with Crippen molar-refractivity contribution in [3.05, 3.63) is 0 Å². The normalized spacial score (nSPS) is 32.3. The van der Waals surface area contributed by atoms with E-state index in [1.165, 1.54) is 32.1 Å². The molecule has 0 aromatic carbocycles. The summed E-state index contributed by atoms with van der Waals surface area (Å²) in [5.41, 5.74) is 0. The van der Waals surface area contributed by atoms with E-state index in [0.29, 0.717) is 6.23 Å². The molecule has 2 saturated carbocycles. The van der Waals surface area contributed by atoms with Crippen LogP contribution in [0.5, 0.6) is 0 Å². The number of hydrogen-bond donors (Lipinski definition) is 0. The lowest BCUT2D eigenvalue weighted by molar-refractivity contribution is 0.160. The summed E-state index contributed by atoms with van der Waals surface area (Å²) in [5.74, 6) is 3.07. The molecule has 3 atom stereocenters. The molecule has 0 aromatic rings. The third kappa shape index (κ3) is 3.31. The molecule has 4 heteroatoms. The van der Waals surface area contributed by atoms with Crippen molar-refractivity contribution in [2.75, 3.05) is 27.6 Å². The van der Waals surface area contributed by atoms with Gasteiger partial charge in [-0.15, -0.1) is 0 Å². The van der Waals surface area contributed by atoms with Crippen molar-refractivity contribution in [2.24, 2.45) is 17.8 Å². The van der Waals surface area contributed by atoms with Gasteiger partial charge in [-0.2, -0.15) is 0 Å². The maximum atomic E-state index is 5.65. The Morgan fingerprint density at radius 1 is 1.00 bits per heavy atom. The van der Waals surface area contributed by atoms with Gasteiger partial charge in [-0.1, -0.05) is 6.42 Å². The van der Waals surface area contributed by atoms with Crippen molar-refractivity contribution >= 4 is 8.56 Å². The van der Waals surface area contributed by atoms with Crippen LogP contribution in [0.15, 0.2) is 0 Å². The van der Waals surface area contributed by atoms with E-state index in [1.807, 2.05) is 0 Å². The van der Waals surface area contributed by atoms with Crippen LogP contribution in [-0.4, -0.2) is 36.1 Å². The average Bonchev–Trinajstić information content (AvgIpc) is 3.13. The molecule has 3 nitrogen and oxygen atoms in total. The minimum absolute atomic E-state index is 0.652. The standard InChI is InChI=1S/C13H26O3Si/c1-14-10-17(15-2,16-3)7-6-11-4-5-12-9-13(12)8-11/h11-13H,4-10H2,1-3H3. The SMILES string of the molecule is COC[Si](CCC1CCC2CC2C1)(OC)OC. The van der Waals surface area contributed by atoms with Crippen molar-refractivity contribution in [1.29, 1.82) is 0 Å². The molecule has 2 aliphatic carbocycles. The summed E-state index contributed by atoms with van der Waals surface area (Å²) in [4.78, 5) is 0. The Morgan fingerprint density at radius 3 is 2.35 bits per heavy atom. The molecule has 3 unspecified atom stereocenters. The number of fused-ring (bicyclic) bond motifs is 1. The molecule has 0 radical (unpaired) electrons. The molecule has 0 spiro atoms. The molecule has 0 amide bonds. The highest BCUT2D eigenvalue weighted by molar-refractivity contribution is 6.67. The van der Waals surface area contributed by atoms with Crippen LogP contribution in [-0.2, 0) is 13.6 Å². The maximum absolute atomic E-state index is 5.65. The van der Waals surface area contributed by atoms with Gasteiger partial charge in [0.05, 0.1) is 6.23 Å². The number of methoxy groups -OCH3 is 1. The second kappa shape index (κ2) is 5.82. The first kappa shape index (κ1) is 13.5. The Hall–Kier alpha value is 0.0969. The van der Waals surface area contributed by atoms with Crippen molar-refractivity contribution < 1.29 is 13.6 Å². The van der Waals surface area contributed by atoms with Crippen molar-refractivity contribution in [1.82, 2.24) is 0 Å². The number of ether oxygens (including phenoxy) is 1. The highest BCUT2D eigenvalue weighted by atomic mass is 28.4. The zero-order valence-corrected chi connectivity index (χ0v) is 12.4. The summed E-state index contributed by atoms with van der Waals surface area (Å²) in [6.07, 6.45) is 7.76. The fraction of sp³-hybridized carbons (Fsp3) is 1.00. The molecule has 2 aliphatic rings. The number of hydrogen-bond acceptors (Lipinski definition) is 3. The summed E-state index contributed by atoms with van der Waals surface area (Å²) >= 11 is 0. The van der Waals surface area contributed by atoms with Gasteiger partial charge in [-0.25, -0.2) is 0 Å². The van der Waals surface area contributed by atoms with Crippen molar-refractivity contribution in [3.63, 3.8) is 0 Å². The van der Waals surface area contributed by atoms with E-state index in [9.17, 15) is 0 Å². The molecule has 17 heavy (non-hydrogen) atoms. The minimum Gasteiger partial charge on any atom is -0.396 e. The second-order valence-corrected chi connectivity index (χ2v) is 9.15. The van der Waals surface area contributed by atoms with Gasteiger partial charge >= 0.3 is 8.56 Å². The van der Waals surface area contributed by atoms with Crippen molar-refractivity contribution in [3.8, 4) is 0 Å². The molecular formula is C13H26O3Si. The highest BCUT2D eigenvalue weighted by Gasteiger charge is 2.43. The van der Waals surface area contributed by atoms with Crippen LogP contribution >= 0.6 is 0 Å². The van der Waals surface area contributed by atoms with E-state index in [2.05, 4.69) is 0 Å². The van der Waals surface area contributed by atoms with Gasteiger partial charge in [0.1, 0.15) is 0 Å². The van der Waals surface area contributed by atoms with E-state index < -0.39 is 8.56 Å². The molecule has 0 N–H and O–H groups in total. The van der Waals surface area contributed by atoms with Crippen LogP contribution in [0.2, 0.25) is 6.04 Å². The van der Waals surface area contributed by atoms with E-state index in [-0.39, 0.29) is 0 Å². The lowest BCUT2D eigenvalue weighted by Gasteiger charge is -2.29. The molecule has 0 aliphatic heterocycles.